The van der Waals surface area contributed by atoms with Gasteiger partial charge in [0.15, 0.2) is 9.84 Å². The number of methoxy groups -OCH3 is 1. The lowest BCUT2D eigenvalue weighted by Gasteiger charge is -2.11. The lowest BCUT2D eigenvalue weighted by atomic mass is 10.2. The summed E-state index contributed by atoms with van der Waals surface area (Å²) in [4.78, 5) is 0. The molecule has 1 aromatic carbocycles. The zero-order chi connectivity index (χ0) is 13.6. The van der Waals surface area contributed by atoms with E-state index in [0.29, 0.717) is 18.0 Å². The van der Waals surface area contributed by atoms with Crippen LogP contribution in [0.4, 0.5) is 0 Å². The van der Waals surface area contributed by atoms with Crippen LogP contribution in [-0.4, -0.2) is 33.6 Å². The van der Waals surface area contributed by atoms with Gasteiger partial charge in [0.2, 0.25) is 0 Å². The summed E-state index contributed by atoms with van der Waals surface area (Å²) in [7, 11) is -1.43. The van der Waals surface area contributed by atoms with E-state index in [1.807, 2.05) is 0 Å². The van der Waals surface area contributed by atoms with Crippen LogP contribution < -0.4 is 15.2 Å². The summed E-state index contributed by atoms with van der Waals surface area (Å²) in [6.45, 7) is 2.07. The van der Waals surface area contributed by atoms with Crippen LogP contribution in [0.15, 0.2) is 18.2 Å². The molecule has 102 valence electrons. The molecule has 0 spiro atoms. The van der Waals surface area contributed by atoms with Gasteiger partial charge in [-0.3, -0.25) is 0 Å². The summed E-state index contributed by atoms with van der Waals surface area (Å²) in [6.07, 6.45) is 0. The lowest BCUT2D eigenvalue weighted by Crippen LogP contribution is -2.16. The van der Waals surface area contributed by atoms with Crippen LogP contribution in [0.5, 0.6) is 11.5 Å². The van der Waals surface area contributed by atoms with Gasteiger partial charge in [-0.15, -0.1) is 0 Å². The Morgan fingerprint density at radius 1 is 1.33 bits per heavy atom. The van der Waals surface area contributed by atoms with Gasteiger partial charge in [-0.1, -0.05) is 6.92 Å². The Balaban J connectivity index is 2.67. The van der Waals surface area contributed by atoms with Crippen LogP contribution >= 0.6 is 0 Å². The molecule has 18 heavy (non-hydrogen) atoms. The van der Waals surface area contributed by atoms with E-state index < -0.39 is 9.84 Å². The van der Waals surface area contributed by atoms with Crippen molar-refractivity contribution in [1.29, 1.82) is 0 Å². The molecule has 0 unspecified atom stereocenters. The number of rotatable bonds is 7. The fourth-order valence-corrected chi connectivity index (χ4v) is 2.03. The van der Waals surface area contributed by atoms with Crippen molar-refractivity contribution in [3.05, 3.63) is 23.8 Å². The molecule has 0 heterocycles. The fourth-order valence-electron chi connectivity index (χ4n) is 1.41. The highest BCUT2D eigenvalue weighted by Crippen LogP contribution is 2.23. The predicted octanol–water partition coefficient (Wildman–Crippen LogP) is 0.967. The van der Waals surface area contributed by atoms with E-state index >= 15 is 0 Å². The zero-order valence-electron chi connectivity index (χ0n) is 10.7. The van der Waals surface area contributed by atoms with E-state index in [2.05, 4.69) is 0 Å². The molecule has 0 bridgehead atoms. The van der Waals surface area contributed by atoms with Gasteiger partial charge >= 0.3 is 0 Å². The number of ether oxygens (including phenoxy) is 2. The highest BCUT2D eigenvalue weighted by molar-refractivity contribution is 7.91. The van der Waals surface area contributed by atoms with Gasteiger partial charge in [0.25, 0.3) is 0 Å². The average Bonchev–Trinajstić information content (AvgIpc) is 2.38. The van der Waals surface area contributed by atoms with Crippen molar-refractivity contribution in [3.63, 3.8) is 0 Å². The molecule has 0 saturated carbocycles. The number of benzene rings is 1. The minimum absolute atomic E-state index is 0.0134. The Hall–Kier alpha value is -1.27. The van der Waals surface area contributed by atoms with Crippen LogP contribution in [0.1, 0.15) is 12.5 Å². The van der Waals surface area contributed by atoms with E-state index in [-0.39, 0.29) is 18.1 Å². The number of hydrogen-bond acceptors (Lipinski definition) is 5. The van der Waals surface area contributed by atoms with E-state index in [4.69, 9.17) is 15.2 Å². The van der Waals surface area contributed by atoms with Crippen LogP contribution in [0.2, 0.25) is 0 Å². The molecule has 2 N–H and O–H groups in total. The first-order chi connectivity index (χ1) is 8.52. The van der Waals surface area contributed by atoms with Crippen molar-refractivity contribution >= 4 is 9.84 Å². The number of nitrogens with two attached hydrogens (primary N) is 1. The Bertz CT molecular complexity index is 485. The van der Waals surface area contributed by atoms with Gasteiger partial charge in [-0.2, -0.15) is 0 Å². The second-order valence-electron chi connectivity index (χ2n) is 3.76. The molecule has 1 rings (SSSR count). The van der Waals surface area contributed by atoms with Gasteiger partial charge in [-0.25, -0.2) is 8.42 Å². The predicted molar refractivity (Wildman–Crippen MR) is 70.7 cm³/mol. The standard InChI is InChI=1S/C12H19NO4S/c1-3-18(14,15)7-6-17-12-5-4-11(16-2)8-10(12)9-13/h4-5,8H,3,6-7,9,13H2,1-2H3. The van der Waals surface area contributed by atoms with Gasteiger partial charge in [0.05, 0.1) is 12.9 Å². The lowest BCUT2D eigenvalue weighted by molar-refractivity contribution is 0.336. The molecule has 0 amide bonds. The summed E-state index contributed by atoms with van der Waals surface area (Å²) < 4.78 is 33.2. The topological polar surface area (TPSA) is 78.6 Å². The molecule has 0 aromatic heterocycles. The Morgan fingerprint density at radius 3 is 2.61 bits per heavy atom. The maximum atomic E-state index is 11.3. The van der Waals surface area contributed by atoms with Crippen LogP contribution in [0.3, 0.4) is 0 Å². The molecule has 6 heteroatoms. The van der Waals surface area contributed by atoms with Gasteiger partial charge < -0.3 is 15.2 Å². The average molecular weight is 273 g/mol. The van der Waals surface area contributed by atoms with Crippen LogP contribution in [-0.2, 0) is 16.4 Å². The minimum Gasteiger partial charge on any atom is -0.497 e. The van der Waals surface area contributed by atoms with Gasteiger partial charge in [0.1, 0.15) is 18.1 Å². The van der Waals surface area contributed by atoms with Gasteiger partial charge in [0, 0.05) is 17.9 Å². The maximum Gasteiger partial charge on any atom is 0.153 e. The molecule has 1 aromatic rings. The SMILES string of the molecule is CCS(=O)(=O)CCOc1ccc(OC)cc1CN. The first-order valence-electron chi connectivity index (χ1n) is 5.72. The molecule has 0 atom stereocenters. The van der Waals surface area contributed by atoms with Crippen LogP contribution in [0.25, 0.3) is 0 Å². The maximum absolute atomic E-state index is 11.3. The zero-order valence-corrected chi connectivity index (χ0v) is 11.5. The van der Waals surface area contributed by atoms with E-state index in [0.717, 1.165) is 5.56 Å². The highest BCUT2D eigenvalue weighted by Gasteiger charge is 2.09. The summed E-state index contributed by atoms with van der Waals surface area (Å²) in [5.74, 6) is 1.44. The van der Waals surface area contributed by atoms with Gasteiger partial charge in [-0.05, 0) is 18.2 Å². The first-order valence-corrected chi connectivity index (χ1v) is 7.54. The number of sulfone groups is 1. The summed E-state index contributed by atoms with van der Waals surface area (Å²) in [6, 6.07) is 5.27. The Labute approximate surface area is 108 Å². The minimum atomic E-state index is -3.00. The molecule has 0 aliphatic rings. The second-order valence-corrected chi connectivity index (χ2v) is 6.24. The van der Waals surface area contributed by atoms with E-state index in [9.17, 15) is 8.42 Å². The summed E-state index contributed by atoms with van der Waals surface area (Å²) >= 11 is 0. The molecule has 0 fully saturated rings. The van der Waals surface area contributed by atoms with Crippen molar-refractivity contribution in [2.45, 2.75) is 13.5 Å². The van der Waals surface area contributed by atoms with E-state index in [1.54, 1.807) is 32.2 Å². The third-order valence-corrected chi connectivity index (χ3v) is 4.25. The fraction of sp³-hybridized carbons (Fsp3) is 0.500. The third kappa shape index (κ3) is 4.19. The quantitative estimate of drug-likeness (QED) is 0.800. The molecular formula is C12H19NO4S. The van der Waals surface area contributed by atoms with Crippen molar-refractivity contribution in [2.24, 2.45) is 5.73 Å². The number of hydrogen-bond donors (Lipinski definition) is 1. The Kier molecular flexibility index (Phi) is 5.43. The summed E-state index contributed by atoms with van der Waals surface area (Å²) in [5, 5.41) is 0. The second kappa shape index (κ2) is 6.61. The van der Waals surface area contributed by atoms with E-state index in [1.165, 1.54) is 0 Å². The van der Waals surface area contributed by atoms with Crippen LogP contribution in [0, 0.1) is 0 Å². The highest BCUT2D eigenvalue weighted by atomic mass is 32.2. The normalized spacial score (nSPS) is 11.3. The van der Waals surface area contributed by atoms with Crippen molar-refractivity contribution < 1.29 is 17.9 Å². The van der Waals surface area contributed by atoms with Crippen molar-refractivity contribution in [3.8, 4) is 11.5 Å². The monoisotopic (exact) mass is 273 g/mol. The smallest absolute Gasteiger partial charge is 0.153 e. The molecule has 0 saturated heterocycles. The Morgan fingerprint density at radius 2 is 2.06 bits per heavy atom. The molecule has 0 aliphatic heterocycles. The van der Waals surface area contributed by atoms with Crippen molar-refractivity contribution in [2.75, 3.05) is 25.2 Å². The summed E-state index contributed by atoms with van der Waals surface area (Å²) in [5.41, 5.74) is 6.40. The molecule has 0 radical (unpaired) electrons. The molecule has 0 aliphatic carbocycles. The van der Waals surface area contributed by atoms with Crippen molar-refractivity contribution in [1.82, 2.24) is 0 Å². The third-order valence-electron chi connectivity index (χ3n) is 2.58. The largest absolute Gasteiger partial charge is 0.497 e. The molecular weight excluding hydrogens is 254 g/mol. The first kappa shape index (κ1) is 14.8. The molecule has 5 nitrogen and oxygen atoms in total.